The number of nitrogens with one attached hydrogen (secondary N) is 1. The summed E-state index contributed by atoms with van der Waals surface area (Å²) in [4.78, 5) is 8.46. The van der Waals surface area contributed by atoms with Crippen molar-refractivity contribution in [2.75, 3.05) is 11.1 Å². The van der Waals surface area contributed by atoms with E-state index in [4.69, 9.17) is 5.73 Å². The number of benzene rings is 1. The van der Waals surface area contributed by atoms with E-state index in [1.807, 2.05) is 19.9 Å². The van der Waals surface area contributed by atoms with Gasteiger partial charge in [-0.05, 0) is 24.6 Å². The van der Waals surface area contributed by atoms with E-state index in [0.717, 1.165) is 5.56 Å². The molecular weight excluding hydrogens is 243 g/mol. The number of rotatable bonds is 4. The molecule has 0 spiro atoms. The Labute approximate surface area is 111 Å². The molecule has 0 saturated heterocycles. The first kappa shape index (κ1) is 13.3. The largest absolute Gasteiger partial charge is 0.384 e. The molecule has 1 atom stereocenters. The van der Waals surface area contributed by atoms with Crippen molar-refractivity contribution in [1.29, 1.82) is 0 Å². The lowest BCUT2D eigenvalue weighted by atomic mass is 10.1. The van der Waals surface area contributed by atoms with Gasteiger partial charge in [0.25, 0.3) is 0 Å². The first-order valence-corrected chi connectivity index (χ1v) is 6.24. The fourth-order valence-corrected chi connectivity index (χ4v) is 1.83. The third kappa shape index (κ3) is 3.40. The van der Waals surface area contributed by atoms with Crippen molar-refractivity contribution < 1.29 is 4.39 Å². The Morgan fingerprint density at radius 1 is 1.32 bits per heavy atom. The molecule has 1 heterocycles. The third-order valence-corrected chi connectivity index (χ3v) is 2.82. The Balaban J connectivity index is 2.18. The predicted octanol–water partition coefficient (Wildman–Crippen LogP) is 2.93. The van der Waals surface area contributed by atoms with Crippen molar-refractivity contribution in [3.8, 4) is 0 Å². The zero-order valence-electron chi connectivity index (χ0n) is 11.0. The van der Waals surface area contributed by atoms with E-state index in [-0.39, 0.29) is 11.9 Å². The molecular formula is C14H17FN4. The zero-order chi connectivity index (χ0) is 13.8. The first-order chi connectivity index (χ1) is 9.08. The average Bonchev–Trinajstić information content (AvgIpc) is 2.38. The quantitative estimate of drug-likeness (QED) is 0.887. The monoisotopic (exact) mass is 260 g/mol. The number of aromatic nitrogens is 2. The summed E-state index contributed by atoms with van der Waals surface area (Å²) in [5.41, 5.74) is 6.58. The highest BCUT2D eigenvalue weighted by Gasteiger charge is 2.08. The van der Waals surface area contributed by atoms with Crippen LogP contribution in [0.1, 0.15) is 31.3 Å². The van der Waals surface area contributed by atoms with Gasteiger partial charge in [0.15, 0.2) is 0 Å². The fraction of sp³-hybridized carbons (Fsp3) is 0.286. The van der Waals surface area contributed by atoms with Gasteiger partial charge >= 0.3 is 0 Å². The van der Waals surface area contributed by atoms with Crippen molar-refractivity contribution in [3.05, 3.63) is 47.5 Å². The van der Waals surface area contributed by atoms with E-state index in [1.54, 1.807) is 12.1 Å². The molecule has 0 fully saturated rings. The molecule has 2 rings (SSSR count). The normalized spacial score (nSPS) is 12.2. The third-order valence-electron chi connectivity index (χ3n) is 2.82. The van der Waals surface area contributed by atoms with Gasteiger partial charge in [0.1, 0.15) is 23.3 Å². The average molecular weight is 260 g/mol. The molecule has 0 aliphatic carbocycles. The second-order valence-corrected chi connectivity index (χ2v) is 4.37. The summed E-state index contributed by atoms with van der Waals surface area (Å²) < 4.78 is 13.2. The van der Waals surface area contributed by atoms with Crippen LogP contribution in [0, 0.1) is 5.82 Å². The molecule has 19 heavy (non-hydrogen) atoms. The van der Waals surface area contributed by atoms with Crippen LogP contribution in [0.2, 0.25) is 0 Å². The minimum absolute atomic E-state index is 0.0605. The van der Waals surface area contributed by atoms with Crippen LogP contribution in [0.25, 0.3) is 0 Å². The highest BCUT2D eigenvalue weighted by Crippen LogP contribution is 2.19. The molecule has 1 aromatic carbocycles. The van der Waals surface area contributed by atoms with E-state index in [2.05, 4.69) is 15.3 Å². The van der Waals surface area contributed by atoms with E-state index in [0.29, 0.717) is 23.9 Å². The van der Waals surface area contributed by atoms with Gasteiger partial charge in [-0.3, -0.25) is 0 Å². The van der Waals surface area contributed by atoms with Crippen molar-refractivity contribution in [1.82, 2.24) is 9.97 Å². The maximum Gasteiger partial charge on any atom is 0.132 e. The lowest BCUT2D eigenvalue weighted by molar-refractivity contribution is 0.623. The molecule has 0 saturated carbocycles. The van der Waals surface area contributed by atoms with E-state index >= 15 is 0 Å². The van der Waals surface area contributed by atoms with Gasteiger partial charge in [-0.1, -0.05) is 19.1 Å². The molecule has 0 amide bonds. The van der Waals surface area contributed by atoms with Crippen LogP contribution < -0.4 is 11.1 Å². The zero-order valence-corrected chi connectivity index (χ0v) is 11.0. The topological polar surface area (TPSA) is 63.8 Å². The summed E-state index contributed by atoms with van der Waals surface area (Å²) in [6.45, 7) is 3.91. The minimum atomic E-state index is -0.248. The van der Waals surface area contributed by atoms with Gasteiger partial charge in [0, 0.05) is 12.5 Å². The van der Waals surface area contributed by atoms with Crippen LogP contribution in [0.3, 0.4) is 0 Å². The molecule has 5 heteroatoms. The molecule has 1 aromatic heterocycles. The maximum atomic E-state index is 13.2. The van der Waals surface area contributed by atoms with Crippen LogP contribution in [0.15, 0.2) is 30.3 Å². The lowest BCUT2D eigenvalue weighted by Gasteiger charge is -2.15. The van der Waals surface area contributed by atoms with Crippen LogP contribution in [0.5, 0.6) is 0 Å². The van der Waals surface area contributed by atoms with Gasteiger partial charge in [-0.2, -0.15) is 0 Å². The number of nitrogen functional groups attached to an aromatic ring is 1. The summed E-state index contributed by atoms with van der Waals surface area (Å²) in [7, 11) is 0. The Kier molecular flexibility index (Phi) is 3.94. The second-order valence-electron chi connectivity index (χ2n) is 4.37. The van der Waals surface area contributed by atoms with Crippen LogP contribution >= 0.6 is 0 Å². The standard InChI is InChI=1S/C14H17FN4/c1-3-13-18-12(16)8-14(19-13)17-9(2)10-5-4-6-11(15)7-10/h4-9H,3H2,1-2H3,(H3,16,17,18,19). The van der Waals surface area contributed by atoms with Gasteiger partial charge in [-0.25, -0.2) is 14.4 Å². The number of hydrogen-bond acceptors (Lipinski definition) is 4. The lowest BCUT2D eigenvalue weighted by Crippen LogP contribution is -2.10. The molecule has 4 nitrogen and oxygen atoms in total. The molecule has 0 radical (unpaired) electrons. The van der Waals surface area contributed by atoms with Gasteiger partial charge in [-0.15, -0.1) is 0 Å². The molecule has 0 aliphatic rings. The van der Waals surface area contributed by atoms with Crippen molar-refractivity contribution in [2.24, 2.45) is 0 Å². The summed E-state index contributed by atoms with van der Waals surface area (Å²) in [6.07, 6.45) is 0.716. The summed E-state index contributed by atoms with van der Waals surface area (Å²) in [5, 5.41) is 3.20. The minimum Gasteiger partial charge on any atom is -0.384 e. The van der Waals surface area contributed by atoms with Gasteiger partial charge in [0.2, 0.25) is 0 Å². The summed E-state index contributed by atoms with van der Waals surface area (Å²) in [6, 6.07) is 8.10. The fourth-order valence-electron chi connectivity index (χ4n) is 1.83. The highest BCUT2D eigenvalue weighted by atomic mass is 19.1. The van der Waals surface area contributed by atoms with E-state index < -0.39 is 0 Å². The smallest absolute Gasteiger partial charge is 0.132 e. The maximum absolute atomic E-state index is 13.2. The Morgan fingerprint density at radius 3 is 2.79 bits per heavy atom. The highest BCUT2D eigenvalue weighted by molar-refractivity contribution is 5.46. The second kappa shape index (κ2) is 5.65. The van der Waals surface area contributed by atoms with Crippen LogP contribution in [-0.2, 0) is 6.42 Å². The number of anilines is 2. The van der Waals surface area contributed by atoms with Gasteiger partial charge < -0.3 is 11.1 Å². The van der Waals surface area contributed by atoms with E-state index in [1.165, 1.54) is 12.1 Å². The molecule has 1 unspecified atom stereocenters. The Bertz CT molecular complexity index is 571. The molecule has 0 aliphatic heterocycles. The predicted molar refractivity (Wildman–Crippen MR) is 74.3 cm³/mol. The first-order valence-electron chi connectivity index (χ1n) is 6.24. The van der Waals surface area contributed by atoms with Crippen molar-refractivity contribution in [2.45, 2.75) is 26.3 Å². The Hall–Kier alpha value is -2.17. The SMILES string of the molecule is CCc1nc(N)cc(NC(C)c2cccc(F)c2)n1. The van der Waals surface area contributed by atoms with Crippen LogP contribution in [0.4, 0.5) is 16.0 Å². The number of aryl methyl sites for hydroxylation is 1. The molecule has 100 valence electrons. The van der Waals surface area contributed by atoms with Crippen LogP contribution in [-0.4, -0.2) is 9.97 Å². The van der Waals surface area contributed by atoms with Gasteiger partial charge in [0.05, 0.1) is 6.04 Å². The van der Waals surface area contributed by atoms with Crippen molar-refractivity contribution >= 4 is 11.6 Å². The molecule has 3 N–H and O–H groups in total. The van der Waals surface area contributed by atoms with Crippen molar-refractivity contribution in [3.63, 3.8) is 0 Å². The van der Waals surface area contributed by atoms with E-state index in [9.17, 15) is 4.39 Å². The number of nitrogens with zero attached hydrogens (tertiary/aromatic N) is 2. The summed E-state index contributed by atoms with van der Waals surface area (Å²) >= 11 is 0. The molecule has 0 bridgehead atoms. The summed E-state index contributed by atoms with van der Waals surface area (Å²) in [5.74, 6) is 1.53. The number of hydrogen-bond donors (Lipinski definition) is 2. The molecule has 2 aromatic rings. The Morgan fingerprint density at radius 2 is 2.11 bits per heavy atom. The number of halogens is 1. The number of nitrogens with two attached hydrogens (primary N) is 1.